The summed E-state index contributed by atoms with van der Waals surface area (Å²) < 4.78 is 11.1. The van der Waals surface area contributed by atoms with Crippen LogP contribution >= 0.6 is 0 Å². The number of unbranched alkanes of at least 4 members (excludes halogenated alkanes) is 24. The van der Waals surface area contributed by atoms with Gasteiger partial charge in [-0.05, 0) is 12.8 Å². The van der Waals surface area contributed by atoms with E-state index in [4.69, 9.17) is 9.47 Å². The van der Waals surface area contributed by atoms with Gasteiger partial charge in [0.05, 0.1) is 13.2 Å². The molecule has 1 N–H and O–H groups in total. The molecule has 4 heteroatoms. The van der Waals surface area contributed by atoms with Gasteiger partial charge < -0.3 is 14.6 Å². The summed E-state index contributed by atoms with van der Waals surface area (Å²) in [7, 11) is 0. The number of esters is 1. The van der Waals surface area contributed by atoms with Crippen LogP contribution in [0.2, 0.25) is 0 Å². The molecule has 0 saturated carbocycles. The molecule has 0 aromatic heterocycles. The molecule has 0 amide bonds. The molecule has 0 aliphatic carbocycles. The number of aliphatic hydroxyl groups is 1. The van der Waals surface area contributed by atoms with Gasteiger partial charge in [0.1, 0.15) is 6.10 Å². The van der Waals surface area contributed by atoms with Gasteiger partial charge in [-0.15, -0.1) is 0 Å². The first kappa shape index (κ1) is 37.4. The number of rotatable bonds is 32. The molecule has 0 fully saturated rings. The van der Waals surface area contributed by atoms with E-state index in [1.165, 1.54) is 148 Å². The van der Waals surface area contributed by atoms with E-state index in [-0.39, 0.29) is 12.6 Å². The summed E-state index contributed by atoms with van der Waals surface area (Å²) in [6.07, 6.45) is 34.2. The molecule has 0 aliphatic rings. The van der Waals surface area contributed by atoms with E-state index in [0.29, 0.717) is 19.6 Å². The minimum Gasteiger partial charge on any atom is -0.457 e. The van der Waals surface area contributed by atoms with Crippen molar-refractivity contribution in [2.45, 2.75) is 193 Å². The topological polar surface area (TPSA) is 55.8 Å². The van der Waals surface area contributed by atoms with Gasteiger partial charge in [0, 0.05) is 13.0 Å². The lowest BCUT2D eigenvalue weighted by Gasteiger charge is -2.16. The zero-order valence-electron chi connectivity index (χ0n) is 26.0. The van der Waals surface area contributed by atoms with Crippen molar-refractivity contribution in [3.63, 3.8) is 0 Å². The molecule has 0 radical (unpaired) electrons. The number of hydrogen-bond donors (Lipinski definition) is 1. The number of hydrogen-bond acceptors (Lipinski definition) is 4. The Hall–Kier alpha value is -0.610. The minimum atomic E-state index is -0.521. The fourth-order valence-corrected chi connectivity index (χ4v) is 5.09. The molecule has 0 aliphatic heterocycles. The zero-order chi connectivity index (χ0) is 27.8. The van der Waals surface area contributed by atoms with Crippen molar-refractivity contribution in [2.24, 2.45) is 0 Å². The lowest BCUT2D eigenvalue weighted by atomic mass is 10.0. The molecule has 1 unspecified atom stereocenters. The molecule has 0 rings (SSSR count). The van der Waals surface area contributed by atoms with E-state index in [1.807, 2.05) is 0 Å². The second kappa shape index (κ2) is 32.6. The summed E-state index contributed by atoms with van der Waals surface area (Å²) in [5.41, 5.74) is 0. The largest absolute Gasteiger partial charge is 0.457 e. The van der Waals surface area contributed by atoms with E-state index >= 15 is 0 Å². The van der Waals surface area contributed by atoms with Crippen molar-refractivity contribution in [3.8, 4) is 0 Å². The standard InChI is InChI=1S/C34H68O4/c1-3-5-7-9-11-13-14-15-16-17-18-19-20-22-24-26-28-30-37-32-33(31-35)38-34(36)29-27-25-23-21-12-10-8-6-4-2/h33,35H,3-32H2,1-2H3. The van der Waals surface area contributed by atoms with Crippen molar-refractivity contribution in [3.05, 3.63) is 0 Å². The van der Waals surface area contributed by atoms with Crippen molar-refractivity contribution >= 4 is 5.97 Å². The fraction of sp³-hybridized carbons (Fsp3) is 0.971. The maximum absolute atomic E-state index is 12.0. The summed E-state index contributed by atoms with van der Waals surface area (Å²) in [6.45, 7) is 5.36. The smallest absolute Gasteiger partial charge is 0.306 e. The third-order valence-corrected chi connectivity index (χ3v) is 7.68. The first-order valence-corrected chi connectivity index (χ1v) is 17.1. The highest BCUT2D eigenvalue weighted by molar-refractivity contribution is 5.69. The molecule has 228 valence electrons. The fourth-order valence-electron chi connectivity index (χ4n) is 5.09. The monoisotopic (exact) mass is 541 g/mol. The van der Waals surface area contributed by atoms with E-state index in [2.05, 4.69) is 13.8 Å². The third-order valence-electron chi connectivity index (χ3n) is 7.68. The molecule has 0 spiro atoms. The highest BCUT2D eigenvalue weighted by Crippen LogP contribution is 2.14. The quantitative estimate of drug-likeness (QED) is 0.0681. The van der Waals surface area contributed by atoms with Gasteiger partial charge in [0.15, 0.2) is 0 Å². The summed E-state index contributed by atoms with van der Waals surface area (Å²) >= 11 is 0. The highest BCUT2D eigenvalue weighted by atomic mass is 16.6. The Morgan fingerprint density at radius 3 is 1.24 bits per heavy atom. The van der Waals surface area contributed by atoms with Crippen LogP contribution in [0.15, 0.2) is 0 Å². The van der Waals surface area contributed by atoms with E-state index in [1.54, 1.807) is 0 Å². The zero-order valence-corrected chi connectivity index (χ0v) is 26.0. The first-order chi connectivity index (χ1) is 18.7. The second-order valence-corrected chi connectivity index (χ2v) is 11.6. The summed E-state index contributed by atoms with van der Waals surface area (Å²) in [5.74, 6) is -0.201. The van der Waals surface area contributed by atoms with Crippen LogP contribution in [-0.2, 0) is 14.3 Å². The van der Waals surface area contributed by atoms with Gasteiger partial charge >= 0.3 is 5.97 Å². The van der Waals surface area contributed by atoms with Gasteiger partial charge in [0.25, 0.3) is 0 Å². The molecular formula is C34H68O4. The first-order valence-electron chi connectivity index (χ1n) is 17.1. The van der Waals surface area contributed by atoms with Gasteiger partial charge in [-0.1, -0.05) is 168 Å². The van der Waals surface area contributed by atoms with Gasteiger partial charge in [-0.25, -0.2) is 0 Å². The lowest BCUT2D eigenvalue weighted by molar-refractivity contribution is -0.154. The number of ether oxygens (including phenoxy) is 2. The minimum absolute atomic E-state index is 0.164. The Morgan fingerprint density at radius 2 is 0.868 bits per heavy atom. The Morgan fingerprint density at radius 1 is 0.526 bits per heavy atom. The maximum Gasteiger partial charge on any atom is 0.306 e. The van der Waals surface area contributed by atoms with Crippen LogP contribution < -0.4 is 0 Å². The Labute approximate surface area is 238 Å². The van der Waals surface area contributed by atoms with Crippen molar-refractivity contribution in [1.82, 2.24) is 0 Å². The molecule has 4 nitrogen and oxygen atoms in total. The van der Waals surface area contributed by atoms with Crippen LogP contribution in [0.4, 0.5) is 0 Å². The van der Waals surface area contributed by atoms with E-state index < -0.39 is 6.10 Å². The van der Waals surface area contributed by atoms with Crippen LogP contribution in [0.25, 0.3) is 0 Å². The number of aliphatic hydroxyl groups excluding tert-OH is 1. The Bertz CT molecular complexity index is 454. The maximum atomic E-state index is 12.0. The predicted octanol–water partition coefficient (Wildman–Crippen LogP) is 10.5. The van der Waals surface area contributed by atoms with E-state index in [0.717, 1.165) is 19.3 Å². The molecule has 38 heavy (non-hydrogen) atoms. The van der Waals surface area contributed by atoms with Crippen LogP contribution in [0.3, 0.4) is 0 Å². The lowest BCUT2D eigenvalue weighted by Crippen LogP contribution is -2.27. The number of carbonyl (C=O) groups excluding carboxylic acids is 1. The van der Waals surface area contributed by atoms with Gasteiger partial charge in [0.2, 0.25) is 0 Å². The van der Waals surface area contributed by atoms with Gasteiger partial charge in [-0.3, -0.25) is 4.79 Å². The second-order valence-electron chi connectivity index (χ2n) is 11.6. The Kier molecular flexibility index (Phi) is 32.1. The number of carbonyl (C=O) groups is 1. The average Bonchev–Trinajstić information content (AvgIpc) is 2.92. The molecule has 0 saturated heterocycles. The summed E-state index contributed by atoms with van der Waals surface area (Å²) in [4.78, 5) is 12.0. The molecule has 0 heterocycles. The SMILES string of the molecule is CCCCCCCCCCCCCCCCCCCOCC(CO)OC(=O)CCCCCCCCCCC. The van der Waals surface area contributed by atoms with Crippen LogP contribution in [-0.4, -0.2) is 37.0 Å². The summed E-state index contributed by atoms with van der Waals surface area (Å²) in [5, 5.41) is 9.50. The molecular weight excluding hydrogens is 472 g/mol. The van der Waals surface area contributed by atoms with E-state index in [9.17, 15) is 9.90 Å². The van der Waals surface area contributed by atoms with Crippen LogP contribution in [0.1, 0.15) is 187 Å². The highest BCUT2D eigenvalue weighted by Gasteiger charge is 2.13. The molecule has 1 atom stereocenters. The van der Waals surface area contributed by atoms with Crippen molar-refractivity contribution in [1.29, 1.82) is 0 Å². The summed E-state index contributed by atoms with van der Waals surface area (Å²) in [6, 6.07) is 0. The molecule has 0 aromatic carbocycles. The van der Waals surface area contributed by atoms with Crippen LogP contribution in [0, 0.1) is 0 Å². The predicted molar refractivity (Wildman–Crippen MR) is 164 cm³/mol. The normalized spacial score (nSPS) is 12.2. The molecule has 0 aromatic rings. The van der Waals surface area contributed by atoms with Crippen molar-refractivity contribution < 1.29 is 19.4 Å². The Balaban J connectivity index is 3.35. The third kappa shape index (κ3) is 29.9. The van der Waals surface area contributed by atoms with Gasteiger partial charge in [-0.2, -0.15) is 0 Å². The average molecular weight is 541 g/mol. The van der Waals surface area contributed by atoms with Crippen LogP contribution in [0.5, 0.6) is 0 Å². The molecule has 0 bridgehead atoms. The van der Waals surface area contributed by atoms with Crippen molar-refractivity contribution in [2.75, 3.05) is 19.8 Å².